The van der Waals surface area contributed by atoms with Crippen molar-refractivity contribution in [2.24, 2.45) is 0 Å². The maximum absolute atomic E-state index is 12.5. The number of amides is 1. The summed E-state index contributed by atoms with van der Waals surface area (Å²) in [5.41, 5.74) is 3.28. The Hall–Kier alpha value is -2.38. The Morgan fingerprint density at radius 3 is 2.60 bits per heavy atom. The first-order valence-corrected chi connectivity index (χ1v) is 12.1. The number of para-hydroxylation sites is 1. The number of nitrogens with zero attached hydrogens (tertiary/aromatic N) is 3. The molecule has 2 aromatic carbocycles. The summed E-state index contributed by atoms with van der Waals surface area (Å²) in [4.78, 5) is 14.1. The van der Waals surface area contributed by atoms with Gasteiger partial charge < -0.3 is 9.64 Å². The van der Waals surface area contributed by atoms with E-state index in [0.717, 1.165) is 17.0 Å². The van der Waals surface area contributed by atoms with E-state index in [0.29, 0.717) is 11.1 Å². The van der Waals surface area contributed by atoms with Crippen molar-refractivity contribution in [2.75, 3.05) is 25.2 Å². The monoisotopic (exact) mass is 439 g/mol. The predicted molar refractivity (Wildman–Crippen MR) is 124 cm³/mol. The van der Waals surface area contributed by atoms with Gasteiger partial charge in [-0.1, -0.05) is 30.3 Å². The molecule has 1 aliphatic rings. The van der Waals surface area contributed by atoms with Crippen molar-refractivity contribution in [1.82, 2.24) is 14.7 Å². The standard InChI is InChI=1S/C23H25N3O2S2/c1-25(15-18-14-24-26(16-18)20-6-3-2-4-7-20)22(27)17-28-21-10-8-19(9-11-21)23-29-12-5-13-30-23/h2-4,6-11,14,16,23H,5,12-13,15,17H2,1H3. The van der Waals surface area contributed by atoms with E-state index in [9.17, 15) is 4.79 Å². The van der Waals surface area contributed by atoms with Gasteiger partial charge in [0, 0.05) is 25.4 Å². The molecule has 5 nitrogen and oxygen atoms in total. The third-order valence-electron chi connectivity index (χ3n) is 4.84. The van der Waals surface area contributed by atoms with Crippen LogP contribution in [0.4, 0.5) is 0 Å². The van der Waals surface area contributed by atoms with Gasteiger partial charge in [-0.15, -0.1) is 23.5 Å². The van der Waals surface area contributed by atoms with Crippen LogP contribution < -0.4 is 4.74 Å². The molecule has 0 radical (unpaired) electrons. The minimum absolute atomic E-state index is 0.0234. The SMILES string of the molecule is CN(Cc1cnn(-c2ccccc2)c1)C(=O)COc1ccc(C2SCCCS2)cc1. The number of rotatable bonds is 7. The fourth-order valence-electron chi connectivity index (χ4n) is 3.18. The van der Waals surface area contributed by atoms with Gasteiger partial charge in [0.15, 0.2) is 6.61 Å². The maximum atomic E-state index is 12.5. The van der Waals surface area contributed by atoms with Crippen LogP contribution in [0.15, 0.2) is 67.0 Å². The van der Waals surface area contributed by atoms with Gasteiger partial charge in [0.05, 0.1) is 16.5 Å². The second kappa shape index (κ2) is 10.1. The molecule has 1 saturated heterocycles. The fraction of sp³-hybridized carbons (Fsp3) is 0.304. The maximum Gasteiger partial charge on any atom is 0.260 e. The van der Waals surface area contributed by atoms with Crippen molar-refractivity contribution in [3.8, 4) is 11.4 Å². The Labute approximate surface area is 185 Å². The highest BCUT2D eigenvalue weighted by Gasteiger charge is 2.17. The number of benzene rings is 2. The summed E-state index contributed by atoms with van der Waals surface area (Å²) in [7, 11) is 1.78. The zero-order valence-corrected chi connectivity index (χ0v) is 18.6. The molecular formula is C23H25N3O2S2. The van der Waals surface area contributed by atoms with Gasteiger partial charge in [-0.2, -0.15) is 5.10 Å². The van der Waals surface area contributed by atoms with Crippen LogP contribution in [0, 0.1) is 0 Å². The molecule has 1 aliphatic heterocycles. The molecule has 156 valence electrons. The van der Waals surface area contributed by atoms with Gasteiger partial charge in [0.2, 0.25) is 0 Å². The Morgan fingerprint density at radius 1 is 1.13 bits per heavy atom. The number of carbonyl (C=O) groups excluding carboxylic acids is 1. The quantitative estimate of drug-likeness (QED) is 0.530. The molecule has 3 aromatic rings. The normalized spacial score (nSPS) is 14.4. The molecule has 0 N–H and O–H groups in total. The van der Waals surface area contributed by atoms with Crippen LogP contribution in [-0.4, -0.2) is 45.7 Å². The predicted octanol–water partition coefficient (Wildman–Crippen LogP) is 4.78. The summed E-state index contributed by atoms with van der Waals surface area (Å²) in [6, 6.07) is 18.1. The van der Waals surface area contributed by atoms with Crippen LogP contribution >= 0.6 is 23.5 Å². The van der Waals surface area contributed by atoms with E-state index < -0.39 is 0 Å². The summed E-state index contributed by atoms with van der Waals surface area (Å²) < 4.78 is 8.04. The van der Waals surface area contributed by atoms with Crippen LogP contribution in [0.5, 0.6) is 5.75 Å². The van der Waals surface area contributed by atoms with Crippen molar-refractivity contribution in [3.05, 3.63) is 78.1 Å². The van der Waals surface area contributed by atoms with Crippen molar-refractivity contribution >= 4 is 29.4 Å². The topological polar surface area (TPSA) is 47.4 Å². The fourth-order valence-corrected chi connectivity index (χ4v) is 6.08. The Morgan fingerprint density at radius 2 is 1.87 bits per heavy atom. The van der Waals surface area contributed by atoms with Gasteiger partial charge in [-0.05, 0) is 47.8 Å². The number of ether oxygens (including phenoxy) is 1. The molecule has 0 spiro atoms. The first-order valence-electron chi connectivity index (χ1n) is 9.98. The molecule has 0 atom stereocenters. The summed E-state index contributed by atoms with van der Waals surface area (Å²) in [6.07, 6.45) is 5.02. The summed E-state index contributed by atoms with van der Waals surface area (Å²) in [5.74, 6) is 3.11. The second-order valence-corrected chi connectivity index (χ2v) is 9.89. The first-order chi connectivity index (χ1) is 14.7. The number of hydrogen-bond donors (Lipinski definition) is 0. The number of aromatic nitrogens is 2. The highest BCUT2D eigenvalue weighted by Crippen LogP contribution is 2.43. The molecule has 1 aromatic heterocycles. The largest absolute Gasteiger partial charge is 0.484 e. The van der Waals surface area contributed by atoms with Crippen molar-refractivity contribution in [1.29, 1.82) is 0 Å². The van der Waals surface area contributed by atoms with Crippen LogP contribution in [0.2, 0.25) is 0 Å². The Kier molecular flexibility index (Phi) is 7.02. The molecule has 0 bridgehead atoms. The van der Waals surface area contributed by atoms with E-state index in [-0.39, 0.29) is 12.5 Å². The Bertz CT molecular complexity index is 954. The van der Waals surface area contributed by atoms with Gasteiger partial charge in [0.1, 0.15) is 5.75 Å². The summed E-state index contributed by atoms with van der Waals surface area (Å²) in [5, 5.41) is 4.38. The third-order valence-corrected chi connectivity index (χ3v) is 7.86. The van der Waals surface area contributed by atoms with Crippen LogP contribution in [0.1, 0.15) is 22.1 Å². The zero-order chi connectivity index (χ0) is 20.8. The number of thioether (sulfide) groups is 2. The molecule has 1 fully saturated rings. The number of likely N-dealkylation sites (N-methyl/N-ethyl adjacent to an activating group) is 1. The molecule has 0 aliphatic carbocycles. The van der Waals surface area contributed by atoms with Gasteiger partial charge in [-0.25, -0.2) is 4.68 Å². The highest BCUT2D eigenvalue weighted by molar-refractivity contribution is 8.16. The number of carbonyl (C=O) groups is 1. The average molecular weight is 440 g/mol. The molecule has 1 amide bonds. The lowest BCUT2D eigenvalue weighted by molar-refractivity contribution is -0.132. The lowest BCUT2D eigenvalue weighted by Gasteiger charge is -2.21. The minimum atomic E-state index is -0.0649. The van der Waals surface area contributed by atoms with E-state index in [1.54, 1.807) is 18.1 Å². The second-order valence-electron chi connectivity index (χ2n) is 7.16. The highest BCUT2D eigenvalue weighted by atomic mass is 32.2. The van der Waals surface area contributed by atoms with Crippen molar-refractivity contribution in [3.63, 3.8) is 0 Å². The van der Waals surface area contributed by atoms with E-state index in [2.05, 4.69) is 17.2 Å². The van der Waals surface area contributed by atoms with E-state index in [1.165, 1.54) is 23.5 Å². The van der Waals surface area contributed by atoms with Crippen molar-refractivity contribution in [2.45, 2.75) is 17.5 Å². The van der Waals surface area contributed by atoms with E-state index in [4.69, 9.17) is 4.74 Å². The molecule has 4 rings (SSSR count). The molecule has 30 heavy (non-hydrogen) atoms. The van der Waals surface area contributed by atoms with Crippen LogP contribution in [-0.2, 0) is 11.3 Å². The lowest BCUT2D eigenvalue weighted by atomic mass is 10.2. The molecule has 7 heteroatoms. The Balaban J connectivity index is 1.27. The van der Waals surface area contributed by atoms with E-state index >= 15 is 0 Å². The lowest BCUT2D eigenvalue weighted by Crippen LogP contribution is -2.30. The average Bonchev–Trinajstić information content (AvgIpc) is 3.27. The number of hydrogen-bond acceptors (Lipinski definition) is 5. The minimum Gasteiger partial charge on any atom is -0.484 e. The van der Waals surface area contributed by atoms with Crippen LogP contribution in [0.3, 0.4) is 0 Å². The van der Waals surface area contributed by atoms with Crippen molar-refractivity contribution < 1.29 is 9.53 Å². The van der Waals surface area contributed by atoms with Gasteiger partial charge in [0.25, 0.3) is 5.91 Å². The van der Waals surface area contributed by atoms with Crippen LogP contribution in [0.25, 0.3) is 5.69 Å². The summed E-state index contributed by atoms with van der Waals surface area (Å²) >= 11 is 4.00. The zero-order valence-electron chi connectivity index (χ0n) is 16.9. The summed E-state index contributed by atoms with van der Waals surface area (Å²) in [6.45, 7) is 0.514. The first kappa shape index (κ1) is 20.9. The molecule has 0 saturated carbocycles. The molecular weight excluding hydrogens is 414 g/mol. The van der Waals surface area contributed by atoms with Gasteiger partial charge in [-0.3, -0.25) is 4.79 Å². The smallest absolute Gasteiger partial charge is 0.260 e. The van der Waals surface area contributed by atoms with Gasteiger partial charge >= 0.3 is 0 Å². The van der Waals surface area contributed by atoms with E-state index in [1.807, 2.05) is 76.9 Å². The molecule has 0 unspecified atom stereocenters. The third kappa shape index (κ3) is 5.40. The molecule has 2 heterocycles.